The van der Waals surface area contributed by atoms with Gasteiger partial charge in [0, 0.05) is 44.6 Å². The van der Waals surface area contributed by atoms with Crippen LogP contribution in [0.2, 0.25) is 0 Å². The molecule has 2 N–H and O–H groups in total. The maximum Gasteiger partial charge on any atom is 0.285 e. The number of piperazine rings is 1. The molecule has 0 aliphatic carbocycles. The van der Waals surface area contributed by atoms with E-state index in [0.717, 1.165) is 57.2 Å². The lowest BCUT2D eigenvalue weighted by Crippen LogP contribution is -2.43. The molecule has 6 nitrogen and oxygen atoms in total. The zero-order valence-electron chi connectivity index (χ0n) is 10.9. The lowest BCUT2D eigenvalue weighted by Gasteiger charge is -2.26. The Bertz CT molecular complexity index is 437. The maximum absolute atomic E-state index is 12.1. The first-order valence-electron chi connectivity index (χ1n) is 6.80. The minimum absolute atomic E-state index is 0.0838. The molecule has 0 spiro atoms. The van der Waals surface area contributed by atoms with Gasteiger partial charge >= 0.3 is 0 Å². The minimum Gasteiger partial charge on any atom is -0.346 e. The van der Waals surface area contributed by atoms with E-state index in [1.807, 2.05) is 10.4 Å². The molecule has 0 saturated carbocycles. The van der Waals surface area contributed by atoms with Gasteiger partial charge in [-0.2, -0.15) is 0 Å². The molecule has 0 bridgehead atoms. The summed E-state index contributed by atoms with van der Waals surface area (Å²) in [6, 6.07) is 0. The largest absolute Gasteiger partial charge is 0.346 e. The van der Waals surface area contributed by atoms with Crippen molar-refractivity contribution >= 4 is 22.4 Å². The Labute approximate surface area is 116 Å². The number of rotatable bonds is 3. The zero-order valence-corrected chi connectivity index (χ0v) is 11.7. The van der Waals surface area contributed by atoms with Gasteiger partial charge in [-0.25, -0.2) is 9.99 Å². The second-order valence-electron chi connectivity index (χ2n) is 4.89. The number of aromatic nitrogens is 1. The predicted molar refractivity (Wildman–Crippen MR) is 75.5 cm³/mol. The summed E-state index contributed by atoms with van der Waals surface area (Å²) in [6.07, 6.45) is 2.31. The summed E-state index contributed by atoms with van der Waals surface area (Å²) in [5.41, 5.74) is 3.45. The molecule has 2 fully saturated rings. The molecule has 0 radical (unpaired) electrons. The number of hydrogen-bond donors (Lipinski definition) is 2. The van der Waals surface area contributed by atoms with Crippen molar-refractivity contribution in [3.8, 4) is 0 Å². The smallest absolute Gasteiger partial charge is 0.285 e. The van der Waals surface area contributed by atoms with Crippen LogP contribution in [0.3, 0.4) is 0 Å². The monoisotopic (exact) mass is 281 g/mol. The summed E-state index contributed by atoms with van der Waals surface area (Å²) >= 11 is 1.55. The van der Waals surface area contributed by atoms with Crippen molar-refractivity contribution in [3.63, 3.8) is 0 Å². The highest BCUT2D eigenvalue weighted by molar-refractivity contribution is 7.13. The summed E-state index contributed by atoms with van der Waals surface area (Å²) < 4.78 is 0. The van der Waals surface area contributed by atoms with Gasteiger partial charge in [0.1, 0.15) is 5.69 Å². The Hall–Kier alpha value is -1.18. The molecular formula is C12H19N5OS. The van der Waals surface area contributed by atoms with E-state index in [1.54, 1.807) is 11.3 Å². The highest BCUT2D eigenvalue weighted by Gasteiger charge is 2.19. The van der Waals surface area contributed by atoms with Gasteiger partial charge in [-0.05, 0) is 12.8 Å². The third-order valence-electron chi connectivity index (χ3n) is 3.48. The molecule has 7 heteroatoms. The van der Waals surface area contributed by atoms with Gasteiger partial charge in [0.25, 0.3) is 5.91 Å². The van der Waals surface area contributed by atoms with Crippen LogP contribution in [-0.4, -0.2) is 55.2 Å². The number of hydrogen-bond acceptors (Lipinski definition) is 6. The molecular weight excluding hydrogens is 262 g/mol. The molecule has 1 aromatic rings. The van der Waals surface area contributed by atoms with E-state index in [1.165, 1.54) is 0 Å². The number of nitrogens with zero attached hydrogens (tertiary/aromatic N) is 3. The number of anilines is 1. The van der Waals surface area contributed by atoms with E-state index in [2.05, 4.69) is 20.6 Å². The minimum atomic E-state index is -0.0838. The van der Waals surface area contributed by atoms with E-state index in [4.69, 9.17) is 0 Å². The third kappa shape index (κ3) is 3.05. The van der Waals surface area contributed by atoms with Gasteiger partial charge in [0.05, 0.1) is 0 Å². The van der Waals surface area contributed by atoms with Gasteiger partial charge in [0.15, 0.2) is 5.13 Å². The number of hydrazine groups is 1. The Balaban J connectivity index is 1.61. The van der Waals surface area contributed by atoms with Crippen LogP contribution >= 0.6 is 11.3 Å². The second-order valence-corrected chi connectivity index (χ2v) is 5.72. The van der Waals surface area contributed by atoms with Gasteiger partial charge < -0.3 is 10.2 Å². The highest BCUT2D eigenvalue weighted by Crippen LogP contribution is 2.20. The van der Waals surface area contributed by atoms with Gasteiger partial charge in [0.2, 0.25) is 0 Å². The molecule has 104 valence electrons. The average molecular weight is 281 g/mol. The molecule has 19 heavy (non-hydrogen) atoms. The summed E-state index contributed by atoms with van der Waals surface area (Å²) in [5, 5.41) is 8.09. The maximum atomic E-state index is 12.1. The third-order valence-corrected chi connectivity index (χ3v) is 4.38. The molecule has 2 saturated heterocycles. The topological polar surface area (TPSA) is 60.5 Å². The quantitative estimate of drug-likeness (QED) is 0.834. The fraction of sp³-hybridized carbons (Fsp3) is 0.667. The Kier molecular flexibility index (Phi) is 3.95. The first-order chi connectivity index (χ1) is 9.33. The Morgan fingerprint density at radius 3 is 2.74 bits per heavy atom. The molecule has 1 amide bonds. The lowest BCUT2D eigenvalue weighted by molar-refractivity contribution is 0.0821. The summed E-state index contributed by atoms with van der Waals surface area (Å²) in [4.78, 5) is 18.7. The van der Waals surface area contributed by atoms with Crippen LogP contribution in [0.5, 0.6) is 0 Å². The van der Waals surface area contributed by atoms with E-state index in [0.29, 0.717) is 5.69 Å². The van der Waals surface area contributed by atoms with Crippen LogP contribution in [-0.2, 0) is 0 Å². The fourth-order valence-corrected chi connectivity index (χ4v) is 3.26. The molecule has 3 rings (SSSR count). The molecule has 3 heterocycles. The van der Waals surface area contributed by atoms with Gasteiger partial charge in [-0.3, -0.25) is 10.2 Å². The number of thiazole rings is 1. The molecule has 1 aromatic heterocycles. The highest BCUT2D eigenvalue weighted by atomic mass is 32.1. The lowest BCUT2D eigenvalue weighted by atomic mass is 10.4. The van der Waals surface area contributed by atoms with E-state index in [9.17, 15) is 4.79 Å². The van der Waals surface area contributed by atoms with Crippen molar-refractivity contribution in [1.29, 1.82) is 0 Å². The SMILES string of the molecule is O=C(NN1CCCC1)c1csc(N2CCNCC2)n1. The summed E-state index contributed by atoms with van der Waals surface area (Å²) in [6.45, 7) is 5.77. The normalized spacial score (nSPS) is 20.7. The van der Waals surface area contributed by atoms with E-state index >= 15 is 0 Å². The standard InChI is InChI=1S/C12H19N5OS/c18-11(15-17-5-1-2-6-17)10-9-19-12(14-10)16-7-3-13-4-8-16/h9,13H,1-8H2,(H,15,18). The van der Waals surface area contributed by atoms with Crippen LogP contribution < -0.4 is 15.6 Å². The predicted octanol–water partition coefficient (Wildman–Crippen LogP) is 0.293. The Morgan fingerprint density at radius 2 is 2.00 bits per heavy atom. The average Bonchev–Trinajstić information content (AvgIpc) is 3.10. The van der Waals surface area contributed by atoms with Crippen LogP contribution in [0.1, 0.15) is 23.3 Å². The van der Waals surface area contributed by atoms with Crippen LogP contribution in [0.25, 0.3) is 0 Å². The van der Waals surface area contributed by atoms with Crippen molar-refractivity contribution in [2.75, 3.05) is 44.2 Å². The van der Waals surface area contributed by atoms with Gasteiger partial charge in [-0.15, -0.1) is 11.3 Å². The van der Waals surface area contributed by atoms with Crippen molar-refractivity contribution < 1.29 is 4.79 Å². The van der Waals surface area contributed by atoms with Gasteiger partial charge in [-0.1, -0.05) is 0 Å². The summed E-state index contributed by atoms with van der Waals surface area (Å²) in [5.74, 6) is -0.0838. The number of carbonyl (C=O) groups excluding carboxylic acids is 1. The Morgan fingerprint density at radius 1 is 1.26 bits per heavy atom. The van der Waals surface area contributed by atoms with Crippen LogP contribution in [0.4, 0.5) is 5.13 Å². The molecule has 0 unspecified atom stereocenters. The first-order valence-corrected chi connectivity index (χ1v) is 7.68. The number of nitrogens with one attached hydrogen (secondary N) is 2. The molecule has 2 aliphatic rings. The number of carbonyl (C=O) groups is 1. The first kappa shape index (κ1) is 12.8. The second kappa shape index (κ2) is 5.85. The van der Waals surface area contributed by atoms with Crippen molar-refractivity contribution in [2.45, 2.75) is 12.8 Å². The van der Waals surface area contributed by atoms with E-state index in [-0.39, 0.29) is 5.91 Å². The molecule has 2 aliphatic heterocycles. The van der Waals surface area contributed by atoms with Crippen molar-refractivity contribution in [2.24, 2.45) is 0 Å². The number of amides is 1. The van der Waals surface area contributed by atoms with Crippen molar-refractivity contribution in [3.05, 3.63) is 11.1 Å². The van der Waals surface area contributed by atoms with Crippen LogP contribution in [0.15, 0.2) is 5.38 Å². The van der Waals surface area contributed by atoms with Crippen LogP contribution in [0, 0.1) is 0 Å². The fourth-order valence-electron chi connectivity index (χ4n) is 2.40. The summed E-state index contributed by atoms with van der Waals surface area (Å²) in [7, 11) is 0. The van der Waals surface area contributed by atoms with Crippen molar-refractivity contribution in [1.82, 2.24) is 20.7 Å². The van der Waals surface area contributed by atoms with E-state index < -0.39 is 0 Å². The molecule has 0 aromatic carbocycles. The zero-order chi connectivity index (χ0) is 13.1. The molecule has 0 atom stereocenters.